The molecule has 2 unspecified atom stereocenters. The second-order valence-electron chi connectivity index (χ2n) is 6.15. The SMILES string of the molecule is CC1(C)C(O)CC1NC(=O)c1ccc2c(c1)NCC2. The van der Waals surface area contributed by atoms with Gasteiger partial charge in [-0.05, 0) is 30.5 Å². The number of anilines is 1. The molecular formula is C15H20N2O2. The Balaban J connectivity index is 1.71. The van der Waals surface area contributed by atoms with Crippen LogP contribution in [0.2, 0.25) is 0 Å². The van der Waals surface area contributed by atoms with Gasteiger partial charge in [-0.3, -0.25) is 4.79 Å². The van der Waals surface area contributed by atoms with Gasteiger partial charge in [-0.1, -0.05) is 19.9 Å². The van der Waals surface area contributed by atoms with Crippen molar-refractivity contribution in [3.8, 4) is 0 Å². The molecule has 3 rings (SSSR count). The monoisotopic (exact) mass is 260 g/mol. The number of carbonyl (C=O) groups excluding carboxylic acids is 1. The van der Waals surface area contributed by atoms with E-state index in [-0.39, 0.29) is 23.5 Å². The number of fused-ring (bicyclic) bond motifs is 1. The van der Waals surface area contributed by atoms with Gasteiger partial charge in [-0.15, -0.1) is 0 Å². The molecular weight excluding hydrogens is 240 g/mol. The van der Waals surface area contributed by atoms with Gasteiger partial charge in [0.25, 0.3) is 5.91 Å². The topological polar surface area (TPSA) is 61.4 Å². The van der Waals surface area contributed by atoms with Crippen LogP contribution in [-0.4, -0.2) is 29.7 Å². The average Bonchev–Trinajstić information content (AvgIpc) is 2.85. The Hall–Kier alpha value is -1.55. The molecule has 1 fully saturated rings. The highest BCUT2D eigenvalue weighted by molar-refractivity contribution is 5.95. The lowest BCUT2D eigenvalue weighted by Crippen LogP contribution is -2.61. The van der Waals surface area contributed by atoms with Gasteiger partial charge in [0.15, 0.2) is 0 Å². The van der Waals surface area contributed by atoms with Crippen molar-refractivity contribution >= 4 is 11.6 Å². The molecule has 2 atom stereocenters. The summed E-state index contributed by atoms with van der Waals surface area (Å²) < 4.78 is 0. The van der Waals surface area contributed by atoms with Crippen LogP contribution in [0.15, 0.2) is 18.2 Å². The third-order valence-electron chi connectivity index (χ3n) is 4.60. The van der Waals surface area contributed by atoms with E-state index in [9.17, 15) is 9.90 Å². The highest BCUT2D eigenvalue weighted by atomic mass is 16.3. The zero-order valence-electron chi connectivity index (χ0n) is 11.4. The number of aliphatic hydroxyl groups excluding tert-OH is 1. The average molecular weight is 260 g/mol. The van der Waals surface area contributed by atoms with E-state index < -0.39 is 0 Å². The van der Waals surface area contributed by atoms with Crippen LogP contribution in [0.25, 0.3) is 0 Å². The van der Waals surface area contributed by atoms with Crippen molar-refractivity contribution < 1.29 is 9.90 Å². The lowest BCUT2D eigenvalue weighted by Gasteiger charge is -2.49. The van der Waals surface area contributed by atoms with E-state index in [2.05, 4.69) is 10.6 Å². The van der Waals surface area contributed by atoms with Gasteiger partial charge in [0.2, 0.25) is 0 Å². The van der Waals surface area contributed by atoms with Gasteiger partial charge >= 0.3 is 0 Å². The summed E-state index contributed by atoms with van der Waals surface area (Å²) in [5.74, 6) is -0.0542. The molecule has 4 nitrogen and oxygen atoms in total. The number of hydrogen-bond acceptors (Lipinski definition) is 3. The molecule has 102 valence electrons. The van der Waals surface area contributed by atoms with Crippen molar-refractivity contribution in [2.24, 2.45) is 5.41 Å². The van der Waals surface area contributed by atoms with Crippen LogP contribution in [-0.2, 0) is 6.42 Å². The van der Waals surface area contributed by atoms with E-state index in [1.807, 2.05) is 32.0 Å². The van der Waals surface area contributed by atoms with Crippen molar-refractivity contribution in [2.75, 3.05) is 11.9 Å². The first-order chi connectivity index (χ1) is 8.98. The van der Waals surface area contributed by atoms with Crippen molar-refractivity contribution in [3.05, 3.63) is 29.3 Å². The first kappa shape index (κ1) is 12.5. The number of rotatable bonds is 2. The van der Waals surface area contributed by atoms with Crippen LogP contribution >= 0.6 is 0 Å². The van der Waals surface area contributed by atoms with Crippen molar-refractivity contribution in [1.29, 1.82) is 0 Å². The van der Waals surface area contributed by atoms with E-state index in [4.69, 9.17) is 0 Å². The maximum atomic E-state index is 12.2. The fourth-order valence-corrected chi connectivity index (χ4v) is 2.82. The first-order valence-electron chi connectivity index (χ1n) is 6.84. The van der Waals surface area contributed by atoms with Gasteiger partial charge in [0, 0.05) is 29.3 Å². The van der Waals surface area contributed by atoms with E-state index in [0.29, 0.717) is 12.0 Å². The van der Waals surface area contributed by atoms with E-state index >= 15 is 0 Å². The lowest BCUT2D eigenvalue weighted by molar-refractivity contribution is -0.0689. The van der Waals surface area contributed by atoms with Crippen molar-refractivity contribution in [3.63, 3.8) is 0 Å². The fraction of sp³-hybridized carbons (Fsp3) is 0.533. The van der Waals surface area contributed by atoms with Crippen LogP contribution in [0.1, 0.15) is 36.2 Å². The zero-order chi connectivity index (χ0) is 13.6. The predicted octanol–water partition coefficient (Wildman–Crippen LogP) is 1.54. The molecule has 2 aliphatic rings. The summed E-state index contributed by atoms with van der Waals surface area (Å²) in [5, 5.41) is 16.0. The van der Waals surface area contributed by atoms with Crippen LogP contribution in [0.3, 0.4) is 0 Å². The second kappa shape index (κ2) is 4.23. The minimum atomic E-state index is -0.320. The third kappa shape index (κ3) is 2.00. The van der Waals surface area contributed by atoms with Crippen LogP contribution in [0.5, 0.6) is 0 Å². The Morgan fingerprint density at radius 2 is 2.26 bits per heavy atom. The zero-order valence-corrected chi connectivity index (χ0v) is 11.4. The first-order valence-corrected chi connectivity index (χ1v) is 6.84. The minimum Gasteiger partial charge on any atom is -0.392 e. The molecule has 1 aromatic rings. The van der Waals surface area contributed by atoms with Crippen molar-refractivity contribution in [1.82, 2.24) is 5.32 Å². The summed E-state index contributed by atoms with van der Waals surface area (Å²) >= 11 is 0. The largest absolute Gasteiger partial charge is 0.392 e. The number of hydrogen-bond donors (Lipinski definition) is 3. The summed E-state index contributed by atoms with van der Waals surface area (Å²) in [6.45, 7) is 4.91. The van der Waals surface area contributed by atoms with Gasteiger partial charge in [-0.2, -0.15) is 0 Å². The van der Waals surface area contributed by atoms with Crippen LogP contribution < -0.4 is 10.6 Å². The molecule has 1 aliphatic heterocycles. The molecule has 1 heterocycles. The fourth-order valence-electron chi connectivity index (χ4n) is 2.82. The summed E-state index contributed by atoms with van der Waals surface area (Å²) in [6.07, 6.45) is 1.35. The van der Waals surface area contributed by atoms with E-state index in [0.717, 1.165) is 18.7 Å². The Bertz CT molecular complexity index is 525. The van der Waals surface area contributed by atoms with Gasteiger partial charge in [0.05, 0.1) is 6.10 Å². The second-order valence-corrected chi connectivity index (χ2v) is 6.15. The number of benzene rings is 1. The molecule has 19 heavy (non-hydrogen) atoms. The van der Waals surface area contributed by atoms with Crippen LogP contribution in [0.4, 0.5) is 5.69 Å². The highest BCUT2D eigenvalue weighted by Gasteiger charge is 2.47. The molecule has 1 amide bonds. The number of amides is 1. The van der Waals surface area contributed by atoms with E-state index in [1.165, 1.54) is 5.56 Å². The number of carbonyl (C=O) groups is 1. The minimum absolute atomic E-state index is 0.0520. The molecule has 0 radical (unpaired) electrons. The molecule has 0 saturated heterocycles. The Morgan fingerprint density at radius 1 is 1.47 bits per heavy atom. The van der Waals surface area contributed by atoms with Gasteiger partial charge in [0.1, 0.15) is 0 Å². The summed E-state index contributed by atoms with van der Waals surface area (Å²) in [7, 11) is 0. The molecule has 1 saturated carbocycles. The molecule has 4 heteroatoms. The summed E-state index contributed by atoms with van der Waals surface area (Å²) in [4.78, 5) is 12.2. The number of aliphatic hydroxyl groups is 1. The molecule has 1 aromatic carbocycles. The van der Waals surface area contributed by atoms with Crippen LogP contribution in [0, 0.1) is 5.41 Å². The Kier molecular flexibility index (Phi) is 2.78. The normalized spacial score (nSPS) is 27.1. The maximum Gasteiger partial charge on any atom is 0.251 e. The Morgan fingerprint density at radius 3 is 2.95 bits per heavy atom. The predicted molar refractivity (Wildman–Crippen MR) is 74.3 cm³/mol. The maximum absolute atomic E-state index is 12.2. The van der Waals surface area contributed by atoms with Gasteiger partial charge < -0.3 is 15.7 Å². The lowest BCUT2D eigenvalue weighted by atomic mass is 9.64. The third-order valence-corrected chi connectivity index (χ3v) is 4.60. The van der Waals surface area contributed by atoms with Gasteiger partial charge in [-0.25, -0.2) is 0 Å². The standard InChI is InChI=1S/C15H20N2O2/c1-15(2)12(8-13(15)18)17-14(19)10-4-3-9-5-6-16-11(9)7-10/h3-4,7,12-13,16,18H,5-6,8H2,1-2H3,(H,17,19). The molecule has 1 aliphatic carbocycles. The smallest absolute Gasteiger partial charge is 0.251 e. The highest BCUT2D eigenvalue weighted by Crippen LogP contribution is 2.40. The summed E-state index contributed by atoms with van der Waals surface area (Å²) in [5.41, 5.74) is 2.80. The number of nitrogens with one attached hydrogen (secondary N) is 2. The molecule has 3 N–H and O–H groups in total. The molecule has 0 aromatic heterocycles. The summed E-state index contributed by atoms with van der Waals surface area (Å²) in [6, 6.07) is 5.87. The molecule has 0 spiro atoms. The quantitative estimate of drug-likeness (QED) is 0.756. The Labute approximate surface area is 113 Å². The van der Waals surface area contributed by atoms with E-state index in [1.54, 1.807) is 0 Å². The van der Waals surface area contributed by atoms with Crippen molar-refractivity contribution in [2.45, 2.75) is 38.8 Å². The molecule has 0 bridgehead atoms.